The van der Waals surface area contributed by atoms with Gasteiger partial charge in [0, 0.05) is 12.7 Å². The van der Waals surface area contributed by atoms with Crippen LogP contribution in [0.5, 0.6) is 0 Å². The van der Waals surface area contributed by atoms with E-state index in [0.717, 1.165) is 33.7 Å². The first kappa shape index (κ1) is 19.1. The Kier molecular flexibility index (Phi) is 5.58. The van der Waals surface area contributed by atoms with E-state index in [-0.39, 0.29) is 12.4 Å². The molecule has 0 saturated carbocycles. The van der Waals surface area contributed by atoms with E-state index in [2.05, 4.69) is 16.8 Å². The van der Waals surface area contributed by atoms with Gasteiger partial charge in [0.05, 0.1) is 28.6 Å². The predicted molar refractivity (Wildman–Crippen MR) is 108 cm³/mol. The Balaban J connectivity index is 1.81. The van der Waals surface area contributed by atoms with Crippen molar-refractivity contribution in [1.29, 1.82) is 0 Å². The highest BCUT2D eigenvalue weighted by molar-refractivity contribution is 7.91. The molecule has 0 fully saturated rings. The number of rotatable bonds is 7. The van der Waals surface area contributed by atoms with Gasteiger partial charge in [-0.1, -0.05) is 48.6 Å². The predicted octanol–water partition coefficient (Wildman–Crippen LogP) is 4.20. The fraction of sp³-hybridized carbons (Fsp3) is 0.190. The number of hydrogen-bond acceptors (Lipinski definition) is 4. The number of nitrogens with zero attached hydrogens (tertiary/aromatic N) is 1. The molecule has 0 amide bonds. The van der Waals surface area contributed by atoms with Gasteiger partial charge in [0.2, 0.25) is 0 Å². The largest absolute Gasteiger partial charge is 0.384 e. The van der Waals surface area contributed by atoms with Gasteiger partial charge >= 0.3 is 0 Å². The maximum Gasteiger partial charge on any atom is 0.180 e. The minimum Gasteiger partial charge on any atom is -0.384 e. The minimum absolute atomic E-state index is 0.0305. The van der Waals surface area contributed by atoms with Gasteiger partial charge in [-0.25, -0.2) is 8.42 Å². The molecule has 0 unspecified atom stereocenters. The van der Waals surface area contributed by atoms with Crippen molar-refractivity contribution in [2.75, 3.05) is 19.5 Å². The molecule has 5 nitrogen and oxygen atoms in total. The number of benzene rings is 2. The molecule has 0 bridgehead atoms. The third-order valence-corrected chi connectivity index (χ3v) is 6.03. The standard InChI is InChI=1S/C21H22N2O3S/c1-15(2)16-4-6-17(7-5-16)20-14-21(23-22-20)18-8-10-19(11-9-18)27(24,25)13-12-26-3/h4-11,14H,1,12-13H2,2-3H3,(H,22,23). The van der Waals surface area contributed by atoms with Gasteiger partial charge in [0.25, 0.3) is 0 Å². The lowest BCUT2D eigenvalue weighted by atomic mass is 10.0. The number of aromatic amines is 1. The zero-order chi connectivity index (χ0) is 19.4. The average Bonchev–Trinajstić information content (AvgIpc) is 3.17. The maximum atomic E-state index is 12.2. The van der Waals surface area contributed by atoms with E-state index < -0.39 is 9.84 Å². The quantitative estimate of drug-likeness (QED) is 0.665. The summed E-state index contributed by atoms with van der Waals surface area (Å²) in [5.74, 6) is -0.0305. The number of hydrogen-bond donors (Lipinski definition) is 1. The molecule has 27 heavy (non-hydrogen) atoms. The summed E-state index contributed by atoms with van der Waals surface area (Å²) in [5.41, 5.74) is 5.65. The summed E-state index contributed by atoms with van der Waals surface area (Å²) in [6.45, 7) is 6.09. The minimum atomic E-state index is -3.33. The molecule has 0 aliphatic rings. The molecule has 1 heterocycles. The molecular weight excluding hydrogens is 360 g/mol. The van der Waals surface area contributed by atoms with E-state index in [1.165, 1.54) is 7.11 Å². The SMILES string of the molecule is C=C(C)c1ccc(-c2cc(-c3ccc(S(=O)(=O)CCOC)cc3)[nH]n2)cc1. The topological polar surface area (TPSA) is 72.1 Å². The van der Waals surface area contributed by atoms with Crippen molar-refractivity contribution in [1.82, 2.24) is 10.2 Å². The van der Waals surface area contributed by atoms with Gasteiger partial charge in [-0.15, -0.1) is 0 Å². The van der Waals surface area contributed by atoms with Crippen LogP contribution in [0.15, 0.2) is 66.1 Å². The van der Waals surface area contributed by atoms with E-state index >= 15 is 0 Å². The van der Waals surface area contributed by atoms with Crippen molar-refractivity contribution in [3.05, 3.63) is 66.7 Å². The molecule has 0 atom stereocenters. The fourth-order valence-electron chi connectivity index (χ4n) is 2.70. The number of allylic oxidation sites excluding steroid dienone is 1. The maximum absolute atomic E-state index is 12.2. The zero-order valence-electron chi connectivity index (χ0n) is 15.4. The molecule has 3 rings (SSSR count). The monoisotopic (exact) mass is 382 g/mol. The van der Waals surface area contributed by atoms with Crippen LogP contribution in [0.25, 0.3) is 28.1 Å². The van der Waals surface area contributed by atoms with Crippen LogP contribution in [0.4, 0.5) is 0 Å². The number of sulfone groups is 1. The Morgan fingerprint density at radius 1 is 1.07 bits per heavy atom. The number of nitrogens with one attached hydrogen (secondary N) is 1. The molecular formula is C21H22N2O3S. The zero-order valence-corrected chi connectivity index (χ0v) is 16.2. The van der Waals surface area contributed by atoms with E-state index in [1.807, 2.05) is 37.3 Å². The second-order valence-corrected chi connectivity index (χ2v) is 8.47. The van der Waals surface area contributed by atoms with E-state index in [4.69, 9.17) is 4.74 Å². The Morgan fingerprint density at radius 2 is 1.70 bits per heavy atom. The number of H-pyrrole nitrogens is 1. The summed E-state index contributed by atoms with van der Waals surface area (Å²) in [6, 6.07) is 16.8. The molecule has 0 spiro atoms. The van der Waals surface area contributed by atoms with Crippen molar-refractivity contribution in [3.8, 4) is 22.5 Å². The molecule has 6 heteroatoms. The van der Waals surface area contributed by atoms with Crippen LogP contribution >= 0.6 is 0 Å². The van der Waals surface area contributed by atoms with Crippen molar-refractivity contribution in [3.63, 3.8) is 0 Å². The summed E-state index contributed by atoms with van der Waals surface area (Å²) < 4.78 is 29.3. The highest BCUT2D eigenvalue weighted by Gasteiger charge is 2.14. The molecule has 1 aromatic heterocycles. The first-order chi connectivity index (χ1) is 12.9. The second kappa shape index (κ2) is 7.90. The third kappa shape index (κ3) is 4.35. The van der Waals surface area contributed by atoms with Crippen molar-refractivity contribution in [2.24, 2.45) is 0 Å². The van der Waals surface area contributed by atoms with E-state index in [1.54, 1.807) is 24.3 Å². The molecule has 2 aromatic carbocycles. The van der Waals surface area contributed by atoms with Gasteiger partial charge in [0.1, 0.15) is 0 Å². The van der Waals surface area contributed by atoms with Crippen LogP contribution < -0.4 is 0 Å². The average molecular weight is 382 g/mol. The summed E-state index contributed by atoms with van der Waals surface area (Å²) in [4.78, 5) is 0.290. The molecule has 0 saturated heterocycles. The van der Waals surface area contributed by atoms with Crippen molar-refractivity contribution >= 4 is 15.4 Å². The highest BCUT2D eigenvalue weighted by Crippen LogP contribution is 2.26. The first-order valence-corrected chi connectivity index (χ1v) is 10.2. The summed E-state index contributed by atoms with van der Waals surface area (Å²) >= 11 is 0. The highest BCUT2D eigenvalue weighted by atomic mass is 32.2. The lowest BCUT2D eigenvalue weighted by Gasteiger charge is -2.04. The van der Waals surface area contributed by atoms with Gasteiger partial charge < -0.3 is 4.74 Å². The van der Waals surface area contributed by atoms with Crippen LogP contribution in [-0.2, 0) is 14.6 Å². The lowest BCUT2D eigenvalue weighted by molar-refractivity contribution is 0.217. The van der Waals surface area contributed by atoms with Crippen LogP contribution in [-0.4, -0.2) is 38.1 Å². The van der Waals surface area contributed by atoms with Crippen LogP contribution in [0.3, 0.4) is 0 Å². The molecule has 140 valence electrons. The van der Waals surface area contributed by atoms with Crippen LogP contribution in [0, 0.1) is 0 Å². The normalized spacial score (nSPS) is 11.5. The Morgan fingerprint density at radius 3 is 2.30 bits per heavy atom. The lowest BCUT2D eigenvalue weighted by Crippen LogP contribution is -2.11. The smallest absolute Gasteiger partial charge is 0.180 e. The Hall–Kier alpha value is -2.70. The van der Waals surface area contributed by atoms with Crippen LogP contribution in [0.2, 0.25) is 0 Å². The summed E-state index contributed by atoms with van der Waals surface area (Å²) in [7, 11) is -1.84. The van der Waals surface area contributed by atoms with Crippen LogP contribution in [0.1, 0.15) is 12.5 Å². The van der Waals surface area contributed by atoms with Crippen molar-refractivity contribution in [2.45, 2.75) is 11.8 Å². The van der Waals surface area contributed by atoms with Crippen molar-refractivity contribution < 1.29 is 13.2 Å². The first-order valence-electron chi connectivity index (χ1n) is 8.54. The Labute approximate surface area is 159 Å². The molecule has 3 aromatic rings. The molecule has 0 aliphatic heterocycles. The number of methoxy groups -OCH3 is 1. The van der Waals surface area contributed by atoms with Gasteiger partial charge in [-0.05, 0) is 36.2 Å². The number of aromatic nitrogens is 2. The number of ether oxygens (including phenoxy) is 1. The Bertz CT molecular complexity index is 1030. The molecule has 1 N–H and O–H groups in total. The van der Waals surface area contributed by atoms with Gasteiger partial charge in [0.15, 0.2) is 9.84 Å². The second-order valence-electron chi connectivity index (χ2n) is 6.36. The summed E-state index contributed by atoms with van der Waals surface area (Å²) in [5, 5.41) is 7.38. The summed E-state index contributed by atoms with van der Waals surface area (Å²) in [6.07, 6.45) is 0. The third-order valence-electron chi connectivity index (χ3n) is 4.33. The molecule has 0 radical (unpaired) electrons. The van der Waals surface area contributed by atoms with E-state index in [0.29, 0.717) is 4.90 Å². The van der Waals surface area contributed by atoms with E-state index in [9.17, 15) is 8.42 Å². The fourth-order valence-corrected chi connectivity index (χ4v) is 3.87. The molecule has 0 aliphatic carbocycles. The van der Waals surface area contributed by atoms with Gasteiger partial charge in [-0.3, -0.25) is 5.10 Å². The van der Waals surface area contributed by atoms with Gasteiger partial charge in [-0.2, -0.15) is 5.10 Å².